The molecule has 0 radical (unpaired) electrons. The van der Waals surface area contributed by atoms with Gasteiger partial charge in [-0.15, -0.1) is 0 Å². The van der Waals surface area contributed by atoms with Crippen LogP contribution in [-0.4, -0.2) is 30.1 Å². The van der Waals surface area contributed by atoms with Gasteiger partial charge >= 0.3 is 5.97 Å². The van der Waals surface area contributed by atoms with Crippen molar-refractivity contribution in [3.8, 4) is 5.75 Å². The molecule has 22 heavy (non-hydrogen) atoms. The zero-order chi connectivity index (χ0) is 16.5. The molecule has 0 spiro atoms. The van der Waals surface area contributed by atoms with Crippen LogP contribution < -0.4 is 10.1 Å². The lowest BCUT2D eigenvalue weighted by Gasteiger charge is -2.16. The summed E-state index contributed by atoms with van der Waals surface area (Å²) in [5.74, 6) is 0.137. The molecule has 5 heteroatoms. The number of amides is 1. The topological polar surface area (TPSA) is 75.6 Å². The van der Waals surface area contributed by atoms with Crippen molar-refractivity contribution < 1.29 is 19.4 Å². The molecule has 0 saturated carbocycles. The van der Waals surface area contributed by atoms with Gasteiger partial charge in [-0.1, -0.05) is 25.1 Å². The molecular weight excluding hydrogens is 282 g/mol. The van der Waals surface area contributed by atoms with Gasteiger partial charge < -0.3 is 15.2 Å². The van der Waals surface area contributed by atoms with Crippen LogP contribution in [0.25, 0.3) is 0 Å². The maximum Gasteiger partial charge on any atom is 0.303 e. The average Bonchev–Trinajstić information content (AvgIpc) is 2.45. The van der Waals surface area contributed by atoms with Crippen LogP contribution in [0.4, 0.5) is 0 Å². The van der Waals surface area contributed by atoms with Gasteiger partial charge in [0, 0.05) is 18.9 Å². The van der Waals surface area contributed by atoms with Gasteiger partial charge in [0.1, 0.15) is 5.75 Å². The Hall–Kier alpha value is -2.04. The molecule has 0 bridgehead atoms. The molecule has 0 aliphatic carbocycles. The first-order chi connectivity index (χ1) is 10.4. The number of aliphatic carboxylic acids is 1. The zero-order valence-corrected chi connectivity index (χ0v) is 13.5. The monoisotopic (exact) mass is 307 g/mol. The van der Waals surface area contributed by atoms with Gasteiger partial charge in [0.05, 0.1) is 7.11 Å². The van der Waals surface area contributed by atoms with Gasteiger partial charge in [-0.05, 0) is 37.3 Å². The molecule has 2 N–H and O–H groups in total. The van der Waals surface area contributed by atoms with E-state index in [9.17, 15) is 9.59 Å². The summed E-state index contributed by atoms with van der Waals surface area (Å²) in [6.07, 6.45) is 1.69. The Labute approximate surface area is 131 Å². The Bertz CT molecular complexity index is 501. The van der Waals surface area contributed by atoms with Crippen molar-refractivity contribution in [2.75, 3.05) is 7.11 Å². The van der Waals surface area contributed by atoms with Crippen molar-refractivity contribution >= 4 is 11.9 Å². The number of carboxylic acid groups (broad SMARTS) is 1. The fourth-order valence-corrected chi connectivity index (χ4v) is 2.38. The molecular formula is C17H25NO4. The van der Waals surface area contributed by atoms with E-state index in [0.717, 1.165) is 17.7 Å². The Balaban J connectivity index is 2.42. The molecule has 122 valence electrons. The van der Waals surface area contributed by atoms with Crippen LogP contribution in [0.5, 0.6) is 5.75 Å². The number of para-hydroxylation sites is 1. The van der Waals surface area contributed by atoms with Crippen LogP contribution in [0.3, 0.4) is 0 Å². The van der Waals surface area contributed by atoms with Crippen LogP contribution >= 0.6 is 0 Å². The van der Waals surface area contributed by atoms with E-state index in [4.69, 9.17) is 9.84 Å². The first-order valence-electron chi connectivity index (χ1n) is 7.55. The van der Waals surface area contributed by atoms with Gasteiger partial charge in [0.25, 0.3) is 0 Å². The zero-order valence-electron chi connectivity index (χ0n) is 13.5. The molecule has 0 aliphatic heterocycles. The molecule has 0 aromatic heterocycles. The summed E-state index contributed by atoms with van der Waals surface area (Å²) in [5, 5.41) is 11.5. The molecule has 0 aliphatic rings. The molecule has 2 atom stereocenters. The third-order valence-corrected chi connectivity index (χ3v) is 3.49. The van der Waals surface area contributed by atoms with E-state index in [1.54, 1.807) is 7.11 Å². The number of carbonyl (C=O) groups is 2. The van der Waals surface area contributed by atoms with Crippen molar-refractivity contribution in [1.82, 2.24) is 5.32 Å². The molecule has 0 saturated heterocycles. The number of nitrogens with one attached hydrogen (secondary N) is 1. The normalized spacial score (nSPS) is 13.2. The molecule has 1 aromatic rings. The summed E-state index contributed by atoms with van der Waals surface area (Å²) in [5.41, 5.74) is 1.09. The van der Waals surface area contributed by atoms with Gasteiger partial charge in [0.15, 0.2) is 0 Å². The average molecular weight is 307 g/mol. The third kappa shape index (κ3) is 6.61. The van der Waals surface area contributed by atoms with Crippen molar-refractivity contribution in [3.05, 3.63) is 29.8 Å². The minimum Gasteiger partial charge on any atom is -0.496 e. The second kappa shape index (κ2) is 9.07. The molecule has 1 rings (SSSR count). The summed E-state index contributed by atoms with van der Waals surface area (Å²) >= 11 is 0. The van der Waals surface area contributed by atoms with Crippen LogP contribution in [0, 0.1) is 5.92 Å². The van der Waals surface area contributed by atoms with E-state index in [0.29, 0.717) is 12.8 Å². The fraction of sp³-hybridized carbons (Fsp3) is 0.529. The molecule has 1 aromatic carbocycles. The van der Waals surface area contributed by atoms with Gasteiger partial charge in [-0.2, -0.15) is 0 Å². The highest BCUT2D eigenvalue weighted by Crippen LogP contribution is 2.22. The first kappa shape index (κ1) is 18.0. The smallest absolute Gasteiger partial charge is 0.303 e. The Morgan fingerprint density at radius 2 is 1.95 bits per heavy atom. The van der Waals surface area contributed by atoms with E-state index < -0.39 is 5.97 Å². The van der Waals surface area contributed by atoms with E-state index >= 15 is 0 Å². The summed E-state index contributed by atoms with van der Waals surface area (Å²) in [7, 11) is 1.64. The number of hydrogen-bond acceptors (Lipinski definition) is 3. The molecule has 2 unspecified atom stereocenters. The molecule has 1 amide bonds. The predicted molar refractivity (Wildman–Crippen MR) is 85.0 cm³/mol. The number of carbonyl (C=O) groups excluding carboxylic acids is 1. The lowest BCUT2D eigenvalue weighted by atomic mass is 9.97. The van der Waals surface area contributed by atoms with Crippen molar-refractivity contribution in [1.29, 1.82) is 0 Å². The van der Waals surface area contributed by atoms with Gasteiger partial charge in [-0.3, -0.25) is 9.59 Å². The summed E-state index contributed by atoms with van der Waals surface area (Å²) in [6, 6.07) is 7.67. The fourth-order valence-electron chi connectivity index (χ4n) is 2.38. The summed E-state index contributed by atoms with van der Waals surface area (Å²) in [4.78, 5) is 22.5. The SMILES string of the molecule is COc1ccccc1CC(C)CC(=O)NC(C)CCC(=O)O. The predicted octanol–water partition coefficient (Wildman–Crippen LogP) is 2.63. The highest BCUT2D eigenvalue weighted by atomic mass is 16.5. The number of hydrogen-bond donors (Lipinski definition) is 2. The van der Waals surface area contributed by atoms with E-state index in [-0.39, 0.29) is 24.3 Å². The van der Waals surface area contributed by atoms with E-state index in [1.807, 2.05) is 38.1 Å². The maximum absolute atomic E-state index is 12.0. The standard InChI is InChI=1S/C17H25NO4/c1-12(10-14-6-4-5-7-15(14)22-3)11-16(19)18-13(2)8-9-17(20)21/h4-7,12-13H,8-11H2,1-3H3,(H,18,19)(H,20,21). The summed E-state index contributed by atoms with van der Waals surface area (Å²) < 4.78 is 5.31. The second-order valence-electron chi connectivity index (χ2n) is 5.73. The van der Waals surface area contributed by atoms with Crippen LogP contribution in [0.15, 0.2) is 24.3 Å². The molecule has 0 heterocycles. The largest absolute Gasteiger partial charge is 0.496 e. The van der Waals surface area contributed by atoms with Gasteiger partial charge in [-0.25, -0.2) is 0 Å². The maximum atomic E-state index is 12.0. The second-order valence-corrected chi connectivity index (χ2v) is 5.73. The third-order valence-electron chi connectivity index (χ3n) is 3.49. The summed E-state index contributed by atoms with van der Waals surface area (Å²) in [6.45, 7) is 3.85. The number of rotatable bonds is 9. The minimum absolute atomic E-state index is 0.0414. The van der Waals surface area contributed by atoms with Crippen LogP contribution in [0.1, 0.15) is 38.7 Å². The van der Waals surface area contributed by atoms with Crippen molar-refractivity contribution in [3.63, 3.8) is 0 Å². The molecule has 0 fully saturated rings. The highest BCUT2D eigenvalue weighted by Gasteiger charge is 2.14. The van der Waals surface area contributed by atoms with E-state index in [2.05, 4.69) is 5.32 Å². The number of benzene rings is 1. The van der Waals surface area contributed by atoms with Crippen LogP contribution in [-0.2, 0) is 16.0 Å². The number of methoxy groups -OCH3 is 1. The quantitative estimate of drug-likeness (QED) is 0.735. The number of ether oxygens (including phenoxy) is 1. The molecule has 5 nitrogen and oxygen atoms in total. The Kier molecular flexibility index (Phi) is 7.43. The van der Waals surface area contributed by atoms with Crippen LogP contribution in [0.2, 0.25) is 0 Å². The van der Waals surface area contributed by atoms with E-state index in [1.165, 1.54) is 0 Å². The van der Waals surface area contributed by atoms with Gasteiger partial charge in [0.2, 0.25) is 5.91 Å². The number of carboxylic acids is 1. The Morgan fingerprint density at radius 3 is 2.59 bits per heavy atom. The lowest BCUT2D eigenvalue weighted by Crippen LogP contribution is -2.34. The van der Waals surface area contributed by atoms with Crippen molar-refractivity contribution in [2.45, 2.75) is 45.6 Å². The Morgan fingerprint density at radius 1 is 1.27 bits per heavy atom. The first-order valence-corrected chi connectivity index (χ1v) is 7.55. The minimum atomic E-state index is -0.842. The lowest BCUT2D eigenvalue weighted by molar-refractivity contribution is -0.137. The van der Waals surface area contributed by atoms with Crippen molar-refractivity contribution in [2.24, 2.45) is 5.92 Å². The highest BCUT2D eigenvalue weighted by molar-refractivity contribution is 5.76.